The van der Waals surface area contributed by atoms with Crippen LogP contribution in [0.25, 0.3) is 27.7 Å². The molecule has 136 valence electrons. The average molecular weight is 356 g/mol. The van der Waals surface area contributed by atoms with Gasteiger partial charge in [-0.05, 0) is 54.5 Å². The van der Waals surface area contributed by atoms with Crippen molar-refractivity contribution in [2.45, 2.75) is 50.9 Å². The zero-order chi connectivity index (χ0) is 18.0. The lowest BCUT2D eigenvalue weighted by molar-refractivity contribution is 0.137. The third kappa shape index (κ3) is 2.29. The van der Waals surface area contributed by atoms with Gasteiger partial charge in [0, 0.05) is 30.9 Å². The summed E-state index contributed by atoms with van der Waals surface area (Å²) in [5.41, 5.74) is 13.1. The summed E-state index contributed by atoms with van der Waals surface area (Å²) in [7, 11) is 0. The zero-order valence-electron chi connectivity index (χ0n) is 15.4. The minimum absolute atomic E-state index is 0.585. The Kier molecular flexibility index (Phi) is 3.27. The summed E-state index contributed by atoms with van der Waals surface area (Å²) < 4.78 is 2.44. The second kappa shape index (κ2) is 5.70. The van der Waals surface area contributed by atoms with Gasteiger partial charge in [0.1, 0.15) is 5.82 Å². The Bertz CT molecular complexity index is 1060. The molecule has 1 fully saturated rings. The largest absolute Gasteiger partial charge is 0.369 e. The first-order chi connectivity index (χ1) is 13.3. The molecule has 4 nitrogen and oxygen atoms in total. The smallest absolute Gasteiger partial charge is 0.138 e. The van der Waals surface area contributed by atoms with Crippen LogP contribution < -0.4 is 5.73 Å². The van der Waals surface area contributed by atoms with Crippen LogP contribution in [-0.4, -0.2) is 26.5 Å². The zero-order valence-corrected chi connectivity index (χ0v) is 15.4. The summed E-state index contributed by atoms with van der Waals surface area (Å²) in [4.78, 5) is 7.67. The maximum atomic E-state index is 5.72. The lowest BCUT2D eigenvalue weighted by Crippen LogP contribution is -2.43. The number of nitrogens with two attached hydrogens (primary N) is 1. The van der Waals surface area contributed by atoms with Gasteiger partial charge in [-0.1, -0.05) is 30.3 Å². The topological polar surface area (TPSA) is 47.1 Å². The van der Waals surface area contributed by atoms with Crippen LogP contribution in [0.5, 0.6) is 0 Å². The fraction of sp³-hybridized carbons (Fsp3) is 0.348. The van der Waals surface area contributed by atoms with E-state index < -0.39 is 0 Å². The second-order valence-corrected chi connectivity index (χ2v) is 8.19. The second-order valence-electron chi connectivity index (χ2n) is 8.19. The van der Waals surface area contributed by atoms with Gasteiger partial charge in [0.15, 0.2) is 0 Å². The van der Waals surface area contributed by atoms with Crippen LogP contribution in [0.3, 0.4) is 0 Å². The number of nitrogens with zero attached hydrogens (tertiary/aromatic N) is 3. The van der Waals surface area contributed by atoms with Gasteiger partial charge >= 0.3 is 0 Å². The van der Waals surface area contributed by atoms with Crippen LogP contribution >= 0.6 is 0 Å². The normalized spacial score (nSPS) is 21.3. The highest BCUT2D eigenvalue weighted by molar-refractivity contribution is 5.85. The maximum Gasteiger partial charge on any atom is 0.138 e. The number of imidazole rings is 1. The van der Waals surface area contributed by atoms with E-state index in [1.165, 1.54) is 47.3 Å². The molecule has 2 aromatic carbocycles. The molecule has 1 saturated carbocycles. The third-order valence-electron chi connectivity index (χ3n) is 6.63. The van der Waals surface area contributed by atoms with E-state index in [4.69, 9.17) is 10.7 Å². The van der Waals surface area contributed by atoms with E-state index in [0.717, 1.165) is 30.1 Å². The van der Waals surface area contributed by atoms with Crippen LogP contribution in [0.15, 0.2) is 48.7 Å². The Hall–Kier alpha value is -2.59. The summed E-state index contributed by atoms with van der Waals surface area (Å²) in [5, 5.41) is 0. The predicted octanol–water partition coefficient (Wildman–Crippen LogP) is 4.14. The van der Waals surface area contributed by atoms with Crippen molar-refractivity contribution in [3.8, 4) is 11.1 Å². The Morgan fingerprint density at radius 3 is 2.56 bits per heavy atom. The first kappa shape index (κ1) is 15.5. The molecule has 3 heterocycles. The summed E-state index contributed by atoms with van der Waals surface area (Å²) in [6, 6.07) is 16.6. The van der Waals surface area contributed by atoms with Crippen LogP contribution in [0.2, 0.25) is 0 Å². The van der Waals surface area contributed by atoms with Gasteiger partial charge in [0.2, 0.25) is 0 Å². The van der Waals surface area contributed by atoms with Gasteiger partial charge in [-0.15, -0.1) is 0 Å². The Balaban J connectivity index is 1.39. The van der Waals surface area contributed by atoms with Gasteiger partial charge < -0.3 is 15.2 Å². The monoisotopic (exact) mass is 356 g/mol. The van der Waals surface area contributed by atoms with E-state index in [9.17, 15) is 0 Å². The van der Waals surface area contributed by atoms with E-state index in [-0.39, 0.29) is 0 Å². The first-order valence-corrected chi connectivity index (χ1v) is 10.1. The summed E-state index contributed by atoms with van der Waals surface area (Å²) in [6.45, 7) is 1.65. The first-order valence-electron chi connectivity index (χ1n) is 10.1. The van der Waals surface area contributed by atoms with Crippen molar-refractivity contribution in [2.24, 2.45) is 5.73 Å². The highest BCUT2D eigenvalue weighted by Gasteiger charge is 2.38. The Labute approximate surface area is 159 Å². The van der Waals surface area contributed by atoms with Gasteiger partial charge in [-0.25, -0.2) is 4.98 Å². The van der Waals surface area contributed by atoms with Crippen molar-refractivity contribution in [1.82, 2.24) is 14.5 Å². The van der Waals surface area contributed by atoms with E-state index in [1.807, 2.05) is 0 Å². The molecule has 1 aromatic heterocycles. The Morgan fingerprint density at radius 2 is 1.81 bits per heavy atom. The highest BCUT2D eigenvalue weighted by atomic mass is 15.3. The molecule has 0 saturated heterocycles. The van der Waals surface area contributed by atoms with Crippen molar-refractivity contribution in [3.05, 3.63) is 60.1 Å². The van der Waals surface area contributed by atoms with Crippen molar-refractivity contribution < 1.29 is 0 Å². The fourth-order valence-corrected chi connectivity index (χ4v) is 4.88. The molecule has 1 aliphatic carbocycles. The van der Waals surface area contributed by atoms with Gasteiger partial charge in [0.05, 0.1) is 17.1 Å². The fourth-order valence-electron chi connectivity index (χ4n) is 4.88. The molecule has 3 aromatic rings. The van der Waals surface area contributed by atoms with E-state index in [1.54, 1.807) is 0 Å². The summed E-state index contributed by atoms with van der Waals surface area (Å²) in [5.74, 6) is 1.18. The molecule has 6 rings (SSSR count). The molecule has 2 bridgehead atoms. The number of hydrogen-bond donors (Lipinski definition) is 1. The van der Waals surface area contributed by atoms with Crippen molar-refractivity contribution in [2.75, 3.05) is 0 Å². The van der Waals surface area contributed by atoms with E-state index in [2.05, 4.69) is 58.1 Å². The number of aromatic nitrogens is 2. The van der Waals surface area contributed by atoms with Gasteiger partial charge in [0.25, 0.3) is 0 Å². The molecule has 1 atom stereocenters. The van der Waals surface area contributed by atoms with Crippen LogP contribution in [0.1, 0.15) is 37.1 Å². The number of fused-ring (bicyclic) bond motifs is 6. The number of hydrogen-bond acceptors (Lipinski definition) is 3. The van der Waals surface area contributed by atoms with E-state index >= 15 is 0 Å². The average Bonchev–Trinajstić information content (AvgIpc) is 3.20. The molecule has 27 heavy (non-hydrogen) atoms. The van der Waals surface area contributed by atoms with Crippen LogP contribution in [0.4, 0.5) is 0 Å². The minimum Gasteiger partial charge on any atom is -0.369 e. The standard InChI is InChI=1S/C23H24N4/c24-12-15-4-6-16(7-5-15)17-8-9-22-21(11-17)25-23-18-10-20(14-27(22)23)26(13-18)19-2-1-3-19/h4-9,11,13,19-20H,1-3,10,12,14,24H2. The van der Waals surface area contributed by atoms with Gasteiger partial charge in [-0.3, -0.25) is 0 Å². The molecule has 0 spiro atoms. The molecule has 1 unspecified atom stereocenters. The third-order valence-corrected chi connectivity index (χ3v) is 6.63. The highest BCUT2D eigenvalue weighted by Crippen LogP contribution is 2.41. The predicted molar refractivity (Wildman–Crippen MR) is 109 cm³/mol. The van der Waals surface area contributed by atoms with Crippen molar-refractivity contribution in [1.29, 1.82) is 0 Å². The lowest BCUT2D eigenvalue weighted by Gasteiger charge is -2.39. The lowest BCUT2D eigenvalue weighted by atomic mass is 9.91. The molecule has 3 aliphatic rings. The van der Waals surface area contributed by atoms with Crippen LogP contribution in [0, 0.1) is 0 Å². The SMILES string of the molecule is NCc1ccc(-c2ccc3c(c2)nc2n3CC3CC2=CN3C2CCC2)cc1. The Morgan fingerprint density at radius 1 is 1.00 bits per heavy atom. The summed E-state index contributed by atoms with van der Waals surface area (Å²) >= 11 is 0. The number of rotatable bonds is 3. The molecule has 2 aliphatic heterocycles. The minimum atomic E-state index is 0.585. The molecular weight excluding hydrogens is 332 g/mol. The molecule has 4 heteroatoms. The van der Waals surface area contributed by atoms with Crippen LogP contribution in [-0.2, 0) is 13.1 Å². The maximum absolute atomic E-state index is 5.72. The molecule has 0 amide bonds. The van der Waals surface area contributed by atoms with E-state index in [0.29, 0.717) is 12.6 Å². The molecule has 2 N–H and O–H groups in total. The van der Waals surface area contributed by atoms with Crippen molar-refractivity contribution in [3.63, 3.8) is 0 Å². The molecular formula is C23H24N4. The summed E-state index contributed by atoms with van der Waals surface area (Å²) in [6.07, 6.45) is 7.67. The number of benzene rings is 2. The van der Waals surface area contributed by atoms with Gasteiger partial charge in [-0.2, -0.15) is 0 Å². The quantitative estimate of drug-likeness (QED) is 0.767. The van der Waals surface area contributed by atoms with Crippen molar-refractivity contribution >= 4 is 16.6 Å². The molecule has 0 radical (unpaired) electrons.